The van der Waals surface area contributed by atoms with Gasteiger partial charge in [-0.1, -0.05) is 19.4 Å². The molecular formula is C15H25N3O4S2. The predicted molar refractivity (Wildman–Crippen MR) is 97.4 cm³/mol. The summed E-state index contributed by atoms with van der Waals surface area (Å²) < 4.78 is 51.2. The first-order valence-electron chi connectivity index (χ1n) is 8.02. The molecule has 0 unspecified atom stereocenters. The molecule has 136 valence electrons. The van der Waals surface area contributed by atoms with Crippen LogP contribution in [0, 0.1) is 0 Å². The monoisotopic (exact) mass is 375 g/mol. The quantitative estimate of drug-likeness (QED) is 0.776. The summed E-state index contributed by atoms with van der Waals surface area (Å²) in [6.45, 7) is 3.99. The molecule has 2 rings (SSSR count). The average molecular weight is 376 g/mol. The van der Waals surface area contributed by atoms with Crippen molar-refractivity contribution in [2.75, 3.05) is 47.8 Å². The fourth-order valence-corrected chi connectivity index (χ4v) is 4.69. The van der Waals surface area contributed by atoms with E-state index in [1.165, 1.54) is 10.6 Å². The molecule has 0 aliphatic carbocycles. The largest absolute Gasteiger partial charge is 0.369 e. The van der Waals surface area contributed by atoms with E-state index < -0.39 is 20.0 Å². The summed E-state index contributed by atoms with van der Waals surface area (Å²) in [4.78, 5) is 2.06. The molecule has 1 fully saturated rings. The van der Waals surface area contributed by atoms with Gasteiger partial charge < -0.3 is 4.90 Å². The predicted octanol–water partition coefficient (Wildman–Crippen LogP) is 1.31. The van der Waals surface area contributed by atoms with Gasteiger partial charge in [0.25, 0.3) is 0 Å². The number of anilines is 2. The topological polar surface area (TPSA) is 86.8 Å². The third-order valence-corrected chi connectivity index (χ3v) is 6.63. The van der Waals surface area contributed by atoms with E-state index >= 15 is 0 Å². The molecule has 0 bridgehead atoms. The Morgan fingerprint density at radius 1 is 1.08 bits per heavy atom. The van der Waals surface area contributed by atoms with Crippen LogP contribution >= 0.6 is 0 Å². The molecule has 0 amide bonds. The summed E-state index contributed by atoms with van der Waals surface area (Å²) >= 11 is 0. The van der Waals surface area contributed by atoms with Gasteiger partial charge in [0.2, 0.25) is 20.0 Å². The van der Waals surface area contributed by atoms with Crippen LogP contribution < -0.4 is 9.62 Å². The van der Waals surface area contributed by atoms with Crippen molar-refractivity contribution in [1.29, 1.82) is 0 Å². The van der Waals surface area contributed by atoms with E-state index in [-0.39, 0.29) is 5.75 Å². The molecule has 0 aromatic heterocycles. The van der Waals surface area contributed by atoms with E-state index in [1.54, 1.807) is 18.2 Å². The van der Waals surface area contributed by atoms with Crippen LogP contribution in [-0.2, 0) is 20.0 Å². The highest BCUT2D eigenvalue weighted by atomic mass is 32.2. The normalized spacial score (nSPS) is 17.0. The first kappa shape index (κ1) is 19.0. The van der Waals surface area contributed by atoms with Crippen molar-refractivity contribution in [1.82, 2.24) is 4.31 Å². The Kier molecular flexibility index (Phi) is 6.11. The molecular weight excluding hydrogens is 350 g/mol. The molecule has 1 aliphatic heterocycles. The first-order valence-corrected chi connectivity index (χ1v) is 11.5. The van der Waals surface area contributed by atoms with Crippen molar-refractivity contribution in [2.24, 2.45) is 0 Å². The minimum Gasteiger partial charge on any atom is -0.369 e. The Morgan fingerprint density at radius 2 is 1.75 bits per heavy atom. The van der Waals surface area contributed by atoms with E-state index in [4.69, 9.17) is 0 Å². The van der Waals surface area contributed by atoms with Crippen molar-refractivity contribution in [3.8, 4) is 0 Å². The third-order valence-electron chi connectivity index (χ3n) is 3.96. The zero-order chi connectivity index (χ0) is 17.8. The standard InChI is InChI=1S/C15H25N3O4S2/c1-3-4-12-24(21,22)16-14-6-5-7-15(13-14)17-8-10-18(11-9-17)23(2,19)20/h5-7,13,16H,3-4,8-12H2,1-2H3. The maximum absolute atomic E-state index is 12.0. The minimum atomic E-state index is -3.33. The van der Waals surface area contributed by atoms with E-state index in [9.17, 15) is 16.8 Å². The number of hydrogen-bond donors (Lipinski definition) is 1. The number of sulfonamides is 2. The Balaban J connectivity index is 2.04. The van der Waals surface area contributed by atoms with Gasteiger partial charge in [0, 0.05) is 31.9 Å². The molecule has 0 atom stereocenters. The maximum Gasteiger partial charge on any atom is 0.232 e. The number of hydrogen-bond acceptors (Lipinski definition) is 5. The molecule has 0 saturated carbocycles. The molecule has 1 saturated heterocycles. The summed E-state index contributed by atoms with van der Waals surface area (Å²) in [5, 5.41) is 0. The zero-order valence-electron chi connectivity index (χ0n) is 14.1. The van der Waals surface area contributed by atoms with E-state index in [1.807, 2.05) is 13.0 Å². The number of nitrogens with one attached hydrogen (secondary N) is 1. The number of rotatable bonds is 7. The lowest BCUT2D eigenvalue weighted by molar-refractivity contribution is 0.388. The van der Waals surface area contributed by atoms with Gasteiger partial charge in [-0.05, 0) is 24.6 Å². The highest BCUT2D eigenvalue weighted by molar-refractivity contribution is 7.92. The van der Waals surface area contributed by atoms with E-state index in [0.717, 1.165) is 12.1 Å². The second-order valence-corrected chi connectivity index (χ2v) is 9.80. The molecule has 0 spiro atoms. The van der Waals surface area contributed by atoms with E-state index in [0.29, 0.717) is 38.3 Å². The molecule has 7 nitrogen and oxygen atoms in total. The lowest BCUT2D eigenvalue weighted by Gasteiger charge is -2.34. The van der Waals surface area contributed by atoms with Crippen LogP contribution in [-0.4, -0.2) is 59.3 Å². The van der Waals surface area contributed by atoms with E-state index in [2.05, 4.69) is 9.62 Å². The third kappa shape index (κ3) is 5.35. The number of piperazine rings is 1. The molecule has 9 heteroatoms. The van der Waals surface area contributed by atoms with Crippen LogP contribution in [0.3, 0.4) is 0 Å². The number of unbranched alkanes of at least 4 members (excludes halogenated alkanes) is 1. The van der Waals surface area contributed by atoms with Gasteiger partial charge in [-0.25, -0.2) is 16.8 Å². The Bertz CT molecular complexity index is 755. The first-order chi connectivity index (χ1) is 11.2. The summed E-state index contributed by atoms with van der Waals surface area (Å²) in [5.41, 5.74) is 1.42. The fraction of sp³-hybridized carbons (Fsp3) is 0.600. The minimum absolute atomic E-state index is 0.112. The van der Waals surface area contributed by atoms with Gasteiger partial charge in [0.05, 0.1) is 17.7 Å². The van der Waals surface area contributed by atoms with Crippen LogP contribution in [0.5, 0.6) is 0 Å². The van der Waals surface area contributed by atoms with Gasteiger partial charge in [-0.15, -0.1) is 0 Å². The summed E-state index contributed by atoms with van der Waals surface area (Å²) in [5.74, 6) is 0.112. The van der Waals surface area contributed by atoms with Crippen molar-refractivity contribution in [3.63, 3.8) is 0 Å². The molecule has 1 aromatic carbocycles. The number of benzene rings is 1. The maximum atomic E-state index is 12.0. The van der Waals surface area contributed by atoms with Crippen molar-refractivity contribution in [3.05, 3.63) is 24.3 Å². The summed E-state index contributed by atoms with van der Waals surface area (Å²) in [7, 11) is -6.49. The Labute approximate surface area is 144 Å². The van der Waals surface area contributed by atoms with Crippen molar-refractivity contribution in [2.45, 2.75) is 19.8 Å². The SMILES string of the molecule is CCCCS(=O)(=O)Nc1cccc(N2CCN(S(C)(=O)=O)CC2)c1. The van der Waals surface area contributed by atoms with Crippen molar-refractivity contribution >= 4 is 31.4 Å². The molecule has 1 aliphatic rings. The molecule has 1 N–H and O–H groups in total. The number of nitrogens with zero attached hydrogens (tertiary/aromatic N) is 2. The molecule has 1 aromatic rings. The average Bonchev–Trinajstić information content (AvgIpc) is 2.52. The van der Waals surface area contributed by atoms with Gasteiger partial charge in [0.15, 0.2) is 0 Å². The fourth-order valence-electron chi connectivity index (χ4n) is 2.61. The Hall–Kier alpha value is -1.32. The second-order valence-electron chi connectivity index (χ2n) is 5.97. The summed E-state index contributed by atoms with van der Waals surface area (Å²) in [6.07, 6.45) is 2.67. The van der Waals surface area contributed by atoms with Crippen LogP contribution in [0.15, 0.2) is 24.3 Å². The van der Waals surface area contributed by atoms with Crippen LogP contribution in [0.2, 0.25) is 0 Å². The van der Waals surface area contributed by atoms with Crippen molar-refractivity contribution < 1.29 is 16.8 Å². The van der Waals surface area contributed by atoms with Gasteiger partial charge in [-0.2, -0.15) is 4.31 Å². The second kappa shape index (κ2) is 7.71. The highest BCUT2D eigenvalue weighted by Gasteiger charge is 2.23. The van der Waals surface area contributed by atoms with Crippen LogP contribution in [0.25, 0.3) is 0 Å². The summed E-state index contributed by atoms with van der Waals surface area (Å²) in [6, 6.07) is 7.22. The van der Waals surface area contributed by atoms with Gasteiger partial charge in [-0.3, -0.25) is 4.72 Å². The van der Waals surface area contributed by atoms with Gasteiger partial charge in [0.1, 0.15) is 0 Å². The lowest BCUT2D eigenvalue weighted by Crippen LogP contribution is -2.48. The molecule has 24 heavy (non-hydrogen) atoms. The zero-order valence-corrected chi connectivity index (χ0v) is 15.7. The van der Waals surface area contributed by atoms with Gasteiger partial charge >= 0.3 is 0 Å². The smallest absolute Gasteiger partial charge is 0.232 e. The molecule has 1 heterocycles. The van der Waals surface area contributed by atoms with Crippen LogP contribution in [0.4, 0.5) is 11.4 Å². The lowest BCUT2D eigenvalue weighted by atomic mass is 10.2. The highest BCUT2D eigenvalue weighted by Crippen LogP contribution is 2.22. The Morgan fingerprint density at radius 3 is 2.33 bits per heavy atom. The molecule has 0 radical (unpaired) electrons. The van der Waals surface area contributed by atoms with Crippen LogP contribution in [0.1, 0.15) is 19.8 Å².